The number of nitrogens with one attached hydrogen (secondary N) is 1. The molecular formula is C27H30N6O. The van der Waals surface area contributed by atoms with E-state index >= 15 is 0 Å². The number of carbonyl (C=O) groups is 1. The number of pyridine rings is 2. The minimum absolute atomic E-state index is 0.0499. The molecule has 2 fully saturated rings. The smallest absolute Gasteiger partial charge is 0.247 e. The maximum absolute atomic E-state index is 12.6. The van der Waals surface area contributed by atoms with Crippen molar-refractivity contribution in [3.8, 4) is 11.1 Å². The number of piperidine rings is 1. The molecule has 0 aliphatic carbocycles. The van der Waals surface area contributed by atoms with Crippen LogP contribution in [0.5, 0.6) is 0 Å². The first-order valence-corrected chi connectivity index (χ1v) is 12.3. The lowest BCUT2D eigenvalue weighted by atomic mass is 9.99. The molecule has 2 saturated heterocycles. The maximum atomic E-state index is 12.6. The first kappa shape index (κ1) is 21.1. The fraction of sp³-hybridized carbons (Fsp3) is 0.370. The van der Waals surface area contributed by atoms with Crippen LogP contribution in [0.1, 0.15) is 24.8 Å². The fourth-order valence-corrected chi connectivity index (χ4v) is 5.40. The Bertz CT molecular complexity index is 1160. The van der Waals surface area contributed by atoms with Crippen LogP contribution in [0.3, 0.4) is 0 Å². The van der Waals surface area contributed by atoms with Crippen LogP contribution < -0.4 is 15.1 Å². The van der Waals surface area contributed by atoms with Gasteiger partial charge in [0.1, 0.15) is 6.04 Å². The molecule has 2 aromatic heterocycles. The van der Waals surface area contributed by atoms with Crippen LogP contribution in [0, 0.1) is 0 Å². The molecule has 0 saturated carbocycles. The first-order chi connectivity index (χ1) is 16.7. The highest BCUT2D eigenvalue weighted by Gasteiger charge is 2.35. The molecule has 7 nitrogen and oxygen atoms in total. The summed E-state index contributed by atoms with van der Waals surface area (Å²) < 4.78 is 0. The van der Waals surface area contributed by atoms with Gasteiger partial charge in [-0.15, -0.1) is 0 Å². The number of anilines is 3. The van der Waals surface area contributed by atoms with Crippen molar-refractivity contribution in [1.29, 1.82) is 0 Å². The Morgan fingerprint density at radius 3 is 2.59 bits per heavy atom. The van der Waals surface area contributed by atoms with E-state index in [1.54, 1.807) is 6.20 Å². The van der Waals surface area contributed by atoms with Gasteiger partial charge in [0.05, 0.1) is 5.69 Å². The molecular weight excluding hydrogens is 424 g/mol. The third-order valence-electron chi connectivity index (χ3n) is 7.26. The Morgan fingerprint density at radius 2 is 1.79 bits per heavy atom. The number of benzene rings is 1. The van der Waals surface area contributed by atoms with Crippen molar-refractivity contribution in [3.05, 3.63) is 66.6 Å². The fourth-order valence-electron chi connectivity index (χ4n) is 5.40. The minimum atomic E-state index is -0.0499. The van der Waals surface area contributed by atoms with E-state index in [1.165, 1.54) is 11.3 Å². The normalized spacial score (nSPS) is 20.5. The lowest BCUT2D eigenvalue weighted by Crippen LogP contribution is -2.51. The lowest BCUT2D eigenvalue weighted by molar-refractivity contribution is -0.118. The standard InChI is InChI=1S/C27H30N6O/c34-27-25-5-1-2-11-33(25)26-24(30-27)16-20(17-29-26)19-31-12-14-32(15-13-31)23-8-6-21(7-9-23)22-4-3-10-28-18-22/h3-4,6-10,16-18,25H,1-2,5,11-15,19H2,(H,30,34)/t25-/m0/s1. The molecule has 0 unspecified atom stereocenters. The number of hydrogen-bond donors (Lipinski definition) is 1. The van der Waals surface area contributed by atoms with E-state index < -0.39 is 0 Å². The predicted octanol–water partition coefficient (Wildman–Crippen LogP) is 3.78. The van der Waals surface area contributed by atoms with Gasteiger partial charge >= 0.3 is 0 Å². The van der Waals surface area contributed by atoms with Crippen molar-refractivity contribution in [2.75, 3.05) is 47.8 Å². The SMILES string of the molecule is O=C1Nc2cc(CN3CCN(c4ccc(-c5cccnc5)cc4)CC3)cnc2N2CCCC[C@@H]12. The summed E-state index contributed by atoms with van der Waals surface area (Å²) in [6.07, 6.45) is 8.86. The molecule has 1 amide bonds. The van der Waals surface area contributed by atoms with Gasteiger partial charge in [0, 0.05) is 63.5 Å². The molecule has 7 heteroatoms. The zero-order valence-corrected chi connectivity index (χ0v) is 19.4. The predicted molar refractivity (Wildman–Crippen MR) is 135 cm³/mol. The van der Waals surface area contributed by atoms with Gasteiger partial charge in [-0.2, -0.15) is 0 Å². The van der Waals surface area contributed by atoms with Gasteiger partial charge in [-0.3, -0.25) is 14.7 Å². The number of fused-ring (bicyclic) bond motifs is 3. The molecule has 1 atom stereocenters. The second-order valence-electron chi connectivity index (χ2n) is 9.46. The van der Waals surface area contributed by atoms with E-state index in [-0.39, 0.29) is 11.9 Å². The Morgan fingerprint density at radius 1 is 0.941 bits per heavy atom. The summed E-state index contributed by atoms with van der Waals surface area (Å²) in [5, 5.41) is 3.11. The van der Waals surface area contributed by atoms with Crippen LogP contribution in [-0.2, 0) is 11.3 Å². The summed E-state index contributed by atoms with van der Waals surface area (Å²) in [7, 11) is 0. The molecule has 3 aliphatic heterocycles. The molecule has 0 spiro atoms. The Balaban J connectivity index is 1.08. The number of hydrogen-bond acceptors (Lipinski definition) is 6. The van der Waals surface area contributed by atoms with Gasteiger partial charge < -0.3 is 15.1 Å². The molecule has 0 radical (unpaired) electrons. The monoisotopic (exact) mass is 454 g/mol. The zero-order chi connectivity index (χ0) is 22.9. The highest BCUT2D eigenvalue weighted by molar-refractivity contribution is 6.02. The maximum Gasteiger partial charge on any atom is 0.247 e. The third-order valence-corrected chi connectivity index (χ3v) is 7.26. The summed E-state index contributed by atoms with van der Waals surface area (Å²) in [5.74, 6) is 1.06. The van der Waals surface area contributed by atoms with E-state index in [9.17, 15) is 4.79 Å². The summed E-state index contributed by atoms with van der Waals surface area (Å²) in [6, 6.07) is 14.9. The van der Waals surface area contributed by atoms with Gasteiger partial charge in [0.15, 0.2) is 5.82 Å². The van der Waals surface area contributed by atoms with Crippen molar-refractivity contribution in [2.45, 2.75) is 31.8 Å². The van der Waals surface area contributed by atoms with E-state index in [0.717, 1.165) is 81.2 Å². The number of carbonyl (C=O) groups excluding carboxylic acids is 1. The van der Waals surface area contributed by atoms with E-state index in [1.807, 2.05) is 18.5 Å². The number of amides is 1. The van der Waals surface area contributed by atoms with Gasteiger partial charge in [0.2, 0.25) is 5.91 Å². The molecule has 6 rings (SSSR count). The van der Waals surface area contributed by atoms with Crippen LogP contribution in [-0.4, -0.2) is 59.5 Å². The number of piperazine rings is 1. The molecule has 174 valence electrons. The van der Waals surface area contributed by atoms with Crippen LogP contribution in [0.15, 0.2) is 61.1 Å². The van der Waals surface area contributed by atoms with Gasteiger partial charge in [-0.1, -0.05) is 18.2 Å². The number of nitrogens with zero attached hydrogens (tertiary/aromatic N) is 5. The van der Waals surface area contributed by atoms with Crippen molar-refractivity contribution in [3.63, 3.8) is 0 Å². The van der Waals surface area contributed by atoms with Crippen LogP contribution in [0.25, 0.3) is 11.1 Å². The Kier molecular flexibility index (Phi) is 5.63. The molecule has 0 bridgehead atoms. The van der Waals surface area contributed by atoms with Crippen molar-refractivity contribution in [2.24, 2.45) is 0 Å². The molecule has 34 heavy (non-hydrogen) atoms. The lowest BCUT2D eigenvalue weighted by Gasteiger charge is -2.40. The average molecular weight is 455 g/mol. The second kappa shape index (κ2) is 9.06. The van der Waals surface area contributed by atoms with Crippen LogP contribution in [0.4, 0.5) is 17.2 Å². The second-order valence-corrected chi connectivity index (χ2v) is 9.46. The molecule has 3 aromatic rings. The van der Waals surface area contributed by atoms with Gasteiger partial charge in [-0.05, 0) is 60.2 Å². The molecule has 5 heterocycles. The molecule has 3 aliphatic rings. The van der Waals surface area contributed by atoms with E-state index in [2.05, 4.69) is 61.4 Å². The van der Waals surface area contributed by atoms with E-state index in [4.69, 9.17) is 4.98 Å². The molecule has 1 aromatic carbocycles. The van der Waals surface area contributed by atoms with Crippen LogP contribution >= 0.6 is 0 Å². The highest BCUT2D eigenvalue weighted by atomic mass is 16.2. The number of aromatic nitrogens is 2. The quantitative estimate of drug-likeness (QED) is 0.647. The number of rotatable bonds is 4. The zero-order valence-electron chi connectivity index (χ0n) is 19.4. The van der Waals surface area contributed by atoms with E-state index in [0.29, 0.717) is 0 Å². The van der Waals surface area contributed by atoms with Gasteiger partial charge in [0.25, 0.3) is 0 Å². The topological polar surface area (TPSA) is 64.6 Å². The molecule has 1 N–H and O–H groups in total. The summed E-state index contributed by atoms with van der Waals surface area (Å²) >= 11 is 0. The average Bonchev–Trinajstić information content (AvgIpc) is 2.90. The van der Waals surface area contributed by atoms with Gasteiger partial charge in [-0.25, -0.2) is 4.98 Å². The van der Waals surface area contributed by atoms with Crippen molar-refractivity contribution < 1.29 is 4.79 Å². The summed E-state index contributed by atoms with van der Waals surface area (Å²) in [6.45, 7) is 5.77. The Hall–Kier alpha value is -3.45. The van der Waals surface area contributed by atoms with Crippen molar-refractivity contribution >= 4 is 23.1 Å². The van der Waals surface area contributed by atoms with Crippen molar-refractivity contribution in [1.82, 2.24) is 14.9 Å². The largest absolute Gasteiger partial charge is 0.369 e. The minimum Gasteiger partial charge on any atom is -0.369 e. The highest BCUT2D eigenvalue weighted by Crippen LogP contribution is 2.35. The third kappa shape index (κ3) is 4.12. The summed E-state index contributed by atoms with van der Waals surface area (Å²) in [5.41, 5.74) is 5.63. The first-order valence-electron chi connectivity index (χ1n) is 12.3. The summed E-state index contributed by atoms with van der Waals surface area (Å²) in [4.78, 5) is 28.7. The Labute approximate surface area is 200 Å². The van der Waals surface area contributed by atoms with Crippen LogP contribution in [0.2, 0.25) is 0 Å².